The lowest BCUT2D eigenvalue weighted by molar-refractivity contribution is 0.0926. The van der Waals surface area contributed by atoms with E-state index in [0.29, 0.717) is 11.4 Å². The lowest BCUT2D eigenvalue weighted by atomic mass is 10.2. The normalized spacial score (nSPS) is 12.1. The highest BCUT2D eigenvalue weighted by Gasteiger charge is 2.23. The van der Waals surface area contributed by atoms with Gasteiger partial charge in [0.05, 0.1) is 16.6 Å². The average molecular weight is 443 g/mol. The van der Waals surface area contributed by atoms with Gasteiger partial charge in [0.1, 0.15) is 18.2 Å². The van der Waals surface area contributed by atoms with Crippen LogP contribution >= 0.6 is 0 Å². The van der Waals surface area contributed by atoms with Gasteiger partial charge in [-0.1, -0.05) is 24.3 Å². The monoisotopic (exact) mass is 442 g/mol. The minimum absolute atomic E-state index is 0.0415. The van der Waals surface area contributed by atoms with Crippen LogP contribution in [0, 0.1) is 5.82 Å². The fourth-order valence-electron chi connectivity index (χ4n) is 2.83. The summed E-state index contributed by atoms with van der Waals surface area (Å²) >= 11 is 0. The van der Waals surface area contributed by atoms with Gasteiger partial charge in [0.25, 0.3) is 15.9 Å². The number of para-hydroxylation sites is 1. The standard InChI is InChI=1S/C23H23FN2O4S/c1-17(16-30-21-8-4-3-5-9-21)25-23(27)18-7-6-10-22(15-18)31(28,29)26(2)20-13-11-19(24)12-14-20/h3-15,17H,16H2,1-2H3,(H,25,27). The summed E-state index contributed by atoms with van der Waals surface area (Å²) in [4.78, 5) is 12.6. The number of nitrogens with one attached hydrogen (secondary N) is 1. The number of benzene rings is 3. The van der Waals surface area contributed by atoms with Crippen LogP contribution in [0.5, 0.6) is 5.75 Å². The minimum Gasteiger partial charge on any atom is -0.491 e. The first-order valence-electron chi connectivity index (χ1n) is 9.60. The number of amides is 1. The zero-order valence-electron chi connectivity index (χ0n) is 17.2. The summed E-state index contributed by atoms with van der Waals surface area (Å²) in [7, 11) is -2.56. The second-order valence-corrected chi connectivity index (χ2v) is 8.94. The van der Waals surface area contributed by atoms with Crippen LogP contribution in [0.15, 0.2) is 83.8 Å². The van der Waals surface area contributed by atoms with Crippen molar-refractivity contribution >= 4 is 21.6 Å². The van der Waals surface area contributed by atoms with Crippen molar-refractivity contribution in [2.45, 2.75) is 17.9 Å². The molecule has 0 radical (unpaired) electrons. The van der Waals surface area contributed by atoms with Crippen molar-refractivity contribution < 1.29 is 22.3 Å². The molecule has 8 heteroatoms. The summed E-state index contributed by atoms with van der Waals surface area (Å²) in [6, 6.07) is 19.8. The Labute approximate surface area is 181 Å². The second-order valence-electron chi connectivity index (χ2n) is 6.98. The Morgan fingerprint density at radius 2 is 1.71 bits per heavy atom. The zero-order valence-corrected chi connectivity index (χ0v) is 18.0. The van der Waals surface area contributed by atoms with Crippen LogP contribution in [0.25, 0.3) is 0 Å². The molecule has 0 aliphatic carbocycles. The minimum atomic E-state index is -3.93. The Bertz CT molecular complexity index is 1140. The van der Waals surface area contributed by atoms with Crippen LogP contribution in [0.4, 0.5) is 10.1 Å². The van der Waals surface area contributed by atoms with Gasteiger partial charge in [-0.2, -0.15) is 0 Å². The predicted octanol–water partition coefficient (Wildman–Crippen LogP) is 3.85. The molecule has 162 valence electrons. The lowest BCUT2D eigenvalue weighted by Crippen LogP contribution is -2.37. The van der Waals surface area contributed by atoms with Gasteiger partial charge in [-0.25, -0.2) is 12.8 Å². The quantitative estimate of drug-likeness (QED) is 0.575. The first kappa shape index (κ1) is 22.3. The van der Waals surface area contributed by atoms with Crippen LogP contribution in [-0.4, -0.2) is 34.0 Å². The van der Waals surface area contributed by atoms with Gasteiger partial charge in [0, 0.05) is 12.6 Å². The first-order valence-corrected chi connectivity index (χ1v) is 11.0. The molecule has 0 fully saturated rings. The Morgan fingerprint density at radius 3 is 2.39 bits per heavy atom. The molecule has 0 aromatic heterocycles. The van der Waals surface area contributed by atoms with Gasteiger partial charge in [-0.3, -0.25) is 9.10 Å². The van der Waals surface area contributed by atoms with E-state index in [1.165, 1.54) is 55.6 Å². The average Bonchev–Trinajstić information content (AvgIpc) is 2.78. The number of carbonyl (C=O) groups excluding carboxylic acids is 1. The molecule has 0 heterocycles. The number of carbonyl (C=O) groups is 1. The van der Waals surface area contributed by atoms with E-state index in [4.69, 9.17) is 4.74 Å². The molecule has 1 unspecified atom stereocenters. The van der Waals surface area contributed by atoms with E-state index >= 15 is 0 Å². The number of rotatable bonds is 8. The van der Waals surface area contributed by atoms with Gasteiger partial charge < -0.3 is 10.1 Å². The number of nitrogens with zero attached hydrogens (tertiary/aromatic N) is 1. The third kappa shape index (κ3) is 5.61. The Hall–Kier alpha value is -3.39. The molecular weight excluding hydrogens is 419 g/mol. The van der Waals surface area contributed by atoms with Gasteiger partial charge >= 0.3 is 0 Å². The molecule has 0 aliphatic rings. The van der Waals surface area contributed by atoms with Crippen LogP contribution < -0.4 is 14.4 Å². The first-order chi connectivity index (χ1) is 14.8. The van der Waals surface area contributed by atoms with Crippen molar-refractivity contribution in [2.75, 3.05) is 18.0 Å². The van der Waals surface area contributed by atoms with E-state index < -0.39 is 21.7 Å². The molecule has 3 aromatic rings. The van der Waals surface area contributed by atoms with Gasteiger partial charge in [-0.15, -0.1) is 0 Å². The number of hydrogen-bond donors (Lipinski definition) is 1. The lowest BCUT2D eigenvalue weighted by Gasteiger charge is -2.20. The summed E-state index contributed by atoms with van der Waals surface area (Å²) in [6.07, 6.45) is 0. The van der Waals surface area contributed by atoms with Crippen LogP contribution in [0.1, 0.15) is 17.3 Å². The van der Waals surface area contributed by atoms with E-state index in [9.17, 15) is 17.6 Å². The van der Waals surface area contributed by atoms with Crippen molar-refractivity contribution in [3.8, 4) is 5.75 Å². The Kier molecular flexibility index (Phi) is 6.91. The van der Waals surface area contributed by atoms with Crippen LogP contribution in [-0.2, 0) is 10.0 Å². The third-order valence-electron chi connectivity index (χ3n) is 4.57. The summed E-state index contributed by atoms with van der Waals surface area (Å²) in [6.45, 7) is 2.06. The molecule has 0 saturated carbocycles. The molecule has 3 rings (SSSR count). The summed E-state index contributed by atoms with van der Waals surface area (Å²) in [5.74, 6) is -0.176. The van der Waals surface area contributed by atoms with Gasteiger partial charge in [0.2, 0.25) is 0 Å². The highest BCUT2D eigenvalue weighted by atomic mass is 32.2. The topological polar surface area (TPSA) is 75.7 Å². The van der Waals surface area contributed by atoms with Crippen LogP contribution in [0.2, 0.25) is 0 Å². The molecule has 6 nitrogen and oxygen atoms in total. The fourth-order valence-corrected chi connectivity index (χ4v) is 4.07. The molecule has 31 heavy (non-hydrogen) atoms. The van der Waals surface area contributed by atoms with E-state index in [0.717, 1.165) is 4.31 Å². The van der Waals surface area contributed by atoms with Crippen molar-refractivity contribution in [1.29, 1.82) is 0 Å². The molecule has 1 amide bonds. The number of ether oxygens (including phenoxy) is 1. The van der Waals surface area contributed by atoms with E-state index in [1.54, 1.807) is 6.92 Å². The third-order valence-corrected chi connectivity index (χ3v) is 6.35. The molecule has 0 spiro atoms. The highest BCUT2D eigenvalue weighted by Crippen LogP contribution is 2.23. The van der Waals surface area contributed by atoms with Gasteiger partial charge in [0.15, 0.2) is 0 Å². The molecule has 0 bridgehead atoms. The van der Waals surface area contributed by atoms with E-state index in [2.05, 4.69) is 5.32 Å². The smallest absolute Gasteiger partial charge is 0.264 e. The van der Waals surface area contributed by atoms with E-state index in [-0.39, 0.29) is 23.1 Å². The molecular formula is C23H23FN2O4S. The second kappa shape index (κ2) is 9.61. The maximum Gasteiger partial charge on any atom is 0.264 e. The highest BCUT2D eigenvalue weighted by molar-refractivity contribution is 7.92. The largest absolute Gasteiger partial charge is 0.491 e. The summed E-state index contributed by atoms with van der Waals surface area (Å²) in [5, 5.41) is 2.80. The molecule has 0 aliphatic heterocycles. The fraction of sp³-hybridized carbons (Fsp3) is 0.174. The van der Waals surface area contributed by atoms with Crippen molar-refractivity contribution in [2.24, 2.45) is 0 Å². The SMILES string of the molecule is CC(COc1ccccc1)NC(=O)c1cccc(S(=O)(=O)N(C)c2ccc(F)cc2)c1. The number of hydrogen-bond acceptors (Lipinski definition) is 4. The predicted molar refractivity (Wildman–Crippen MR) is 117 cm³/mol. The van der Waals surface area contributed by atoms with E-state index in [1.807, 2.05) is 30.3 Å². The maximum absolute atomic E-state index is 13.1. The van der Waals surface area contributed by atoms with Crippen LogP contribution in [0.3, 0.4) is 0 Å². The molecule has 1 N–H and O–H groups in total. The zero-order chi connectivity index (χ0) is 22.4. The number of anilines is 1. The summed E-state index contributed by atoms with van der Waals surface area (Å²) in [5.41, 5.74) is 0.517. The van der Waals surface area contributed by atoms with Crippen molar-refractivity contribution in [3.05, 3.63) is 90.2 Å². The molecule has 1 atom stereocenters. The van der Waals surface area contributed by atoms with Gasteiger partial charge in [-0.05, 0) is 61.5 Å². The Morgan fingerprint density at radius 1 is 1.03 bits per heavy atom. The number of sulfonamides is 1. The van der Waals surface area contributed by atoms with Crippen molar-refractivity contribution in [3.63, 3.8) is 0 Å². The Balaban J connectivity index is 1.69. The molecule has 3 aromatic carbocycles. The maximum atomic E-state index is 13.1. The number of halogens is 1. The summed E-state index contributed by atoms with van der Waals surface area (Å²) < 4.78 is 45.7. The molecule has 0 saturated heterocycles. The van der Waals surface area contributed by atoms with Crippen molar-refractivity contribution in [1.82, 2.24) is 5.32 Å².